The number of rotatable bonds is 3. The lowest BCUT2D eigenvalue weighted by Gasteiger charge is -2.39. The van der Waals surface area contributed by atoms with Crippen molar-refractivity contribution in [2.75, 3.05) is 0 Å². The highest BCUT2D eigenvalue weighted by molar-refractivity contribution is 6.07. The molecule has 1 fully saturated rings. The first-order chi connectivity index (χ1) is 8.85. The minimum Gasteiger partial charge on any atom is -0.323 e. The molecule has 0 aliphatic carbocycles. The molecule has 1 aromatic carbocycles. The van der Waals surface area contributed by atoms with Gasteiger partial charge in [-0.15, -0.1) is 0 Å². The zero-order valence-electron chi connectivity index (χ0n) is 11.6. The maximum Gasteiger partial charge on any atom is 0.322 e. The van der Waals surface area contributed by atoms with Crippen LogP contribution in [0.2, 0.25) is 0 Å². The number of carbonyl (C=O) groups is 2. The van der Waals surface area contributed by atoms with Crippen molar-refractivity contribution in [3.8, 4) is 0 Å². The van der Waals surface area contributed by atoms with Crippen molar-refractivity contribution in [3.05, 3.63) is 35.9 Å². The Kier molecular flexibility index (Phi) is 3.35. The number of hydrogen-bond acceptors (Lipinski definition) is 2. The van der Waals surface area contributed by atoms with E-state index in [-0.39, 0.29) is 11.3 Å². The monoisotopic (exact) mass is 260 g/mol. The van der Waals surface area contributed by atoms with Crippen LogP contribution >= 0.6 is 0 Å². The van der Waals surface area contributed by atoms with Crippen molar-refractivity contribution < 1.29 is 9.59 Å². The van der Waals surface area contributed by atoms with Crippen LogP contribution < -0.4 is 10.6 Å². The van der Waals surface area contributed by atoms with E-state index in [0.29, 0.717) is 6.42 Å². The van der Waals surface area contributed by atoms with Gasteiger partial charge in [-0.1, -0.05) is 51.1 Å². The van der Waals surface area contributed by atoms with Crippen LogP contribution in [0.4, 0.5) is 4.79 Å². The highest BCUT2D eigenvalue weighted by atomic mass is 16.2. The third kappa shape index (κ3) is 2.48. The number of benzene rings is 1. The summed E-state index contributed by atoms with van der Waals surface area (Å²) in [5.41, 5.74) is -0.00197. The number of nitrogens with one attached hydrogen (secondary N) is 2. The Morgan fingerprint density at radius 2 is 1.74 bits per heavy atom. The fourth-order valence-corrected chi connectivity index (χ4v) is 2.55. The van der Waals surface area contributed by atoms with Crippen molar-refractivity contribution in [2.45, 2.75) is 39.2 Å². The first-order valence-electron chi connectivity index (χ1n) is 6.53. The smallest absolute Gasteiger partial charge is 0.322 e. The fraction of sp³-hybridized carbons (Fsp3) is 0.467. The second-order valence-electron chi connectivity index (χ2n) is 6.05. The van der Waals surface area contributed by atoms with Crippen LogP contribution in [0.25, 0.3) is 0 Å². The summed E-state index contributed by atoms with van der Waals surface area (Å²) in [6.07, 6.45) is 1.35. The molecule has 1 aromatic rings. The SMILES string of the molecule is CC(C)(C)C1(CCc2ccccc2)NC(=O)NC1=O. The third-order valence-electron chi connectivity index (χ3n) is 3.85. The average molecular weight is 260 g/mol. The van der Waals surface area contributed by atoms with Gasteiger partial charge in [-0.05, 0) is 23.8 Å². The zero-order valence-corrected chi connectivity index (χ0v) is 11.6. The van der Waals surface area contributed by atoms with Gasteiger partial charge in [-0.25, -0.2) is 4.79 Å². The molecule has 3 amide bonds. The molecule has 0 spiro atoms. The van der Waals surface area contributed by atoms with Crippen molar-refractivity contribution in [3.63, 3.8) is 0 Å². The quantitative estimate of drug-likeness (QED) is 0.819. The van der Waals surface area contributed by atoms with Crippen LogP contribution in [-0.2, 0) is 11.2 Å². The van der Waals surface area contributed by atoms with Crippen molar-refractivity contribution in [1.82, 2.24) is 10.6 Å². The van der Waals surface area contributed by atoms with Crippen LogP contribution in [-0.4, -0.2) is 17.5 Å². The lowest BCUT2D eigenvalue weighted by molar-refractivity contribution is -0.128. The predicted molar refractivity (Wildman–Crippen MR) is 73.6 cm³/mol. The van der Waals surface area contributed by atoms with Gasteiger partial charge in [0.2, 0.25) is 0 Å². The Balaban J connectivity index is 2.21. The topological polar surface area (TPSA) is 58.2 Å². The van der Waals surface area contributed by atoms with Crippen molar-refractivity contribution >= 4 is 11.9 Å². The van der Waals surface area contributed by atoms with Gasteiger partial charge in [-0.2, -0.15) is 0 Å². The molecule has 2 N–H and O–H groups in total. The van der Waals surface area contributed by atoms with Gasteiger partial charge in [-0.3, -0.25) is 10.1 Å². The molecule has 2 rings (SSSR count). The van der Waals surface area contributed by atoms with E-state index in [2.05, 4.69) is 10.6 Å². The van der Waals surface area contributed by atoms with E-state index in [1.165, 1.54) is 5.56 Å². The van der Waals surface area contributed by atoms with Gasteiger partial charge >= 0.3 is 6.03 Å². The van der Waals surface area contributed by atoms with Gasteiger partial charge in [0.15, 0.2) is 0 Å². The Morgan fingerprint density at radius 1 is 1.11 bits per heavy atom. The maximum absolute atomic E-state index is 12.2. The van der Waals surface area contributed by atoms with Gasteiger partial charge in [0.05, 0.1) is 0 Å². The summed E-state index contributed by atoms with van der Waals surface area (Å²) in [7, 11) is 0. The molecule has 0 bridgehead atoms. The number of amides is 3. The summed E-state index contributed by atoms with van der Waals surface area (Å²) in [5.74, 6) is -0.221. The minimum atomic E-state index is -0.833. The van der Waals surface area contributed by atoms with Crippen LogP contribution in [0.15, 0.2) is 30.3 Å². The third-order valence-corrected chi connectivity index (χ3v) is 3.85. The molecular formula is C15H20N2O2. The molecule has 0 aromatic heterocycles. The zero-order chi connectivity index (χ0) is 14.1. The second-order valence-corrected chi connectivity index (χ2v) is 6.05. The van der Waals surface area contributed by atoms with E-state index in [0.717, 1.165) is 6.42 Å². The molecule has 1 atom stereocenters. The number of hydrogen-bond donors (Lipinski definition) is 2. The molecule has 1 aliphatic heterocycles. The molecule has 1 unspecified atom stereocenters. The van der Waals surface area contributed by atoms with Crippen LogP contribution in [0.3, 0.4) is 0 Å². The molecule has 1 saturated heterocycles. The summed E-state index contributed by atoms with van der Waals surface area (Å²) >= 11 is 0. The van der Waals surface area contributed by atoms with E-state index in [9.17, 15) is 9.59 Å². The molecule has 4 heteroatoms. The fourth-order valence-electron chi connectivity index (χ4n) is 2.55. The first-order valence-corrected chi connectivity index (χ1v) is 6.53. The summed E-state index contributed by atoms with van der Waals surface area (Å²) in [4.78, 5) is 23.7. The highest BCUT2D eigenvalue weighted by Gasteiger charge is 2.53. The van der Waals surface area contributed by atoms with Crippen LogP contribution in [0, 0.1) is 5.41 Å². The number of urea groups is 1. The van der Waals surface area contributed by atoms with Gasteiger partial charge in [0.1, 0.15) is 5.54 Å². The molecular weight excluding hydrogens is 240 g/mol. The van der Waals surface area contributed by atoms with E-state index >= 15 is 0 Å². The van der Waals surface area contributed by atoms with Crippen molar-refractivity contribution in [2.24, 2.45) is 5.41 Å². The summed E-state index contributed by atoms with van der Waals surface area (Å²) < 4.78 is 0. The van der Waals surface area contributed by atoms with E-state index in [1.54, 1.807) is 0 Å². The maximum atomic E-state index is 12.2. The average Bonchev–Trinajstić information content (AvgIpc) is 2.63. The predicted octanol–water partition coefficient (Wildman–Crippen LogP) is 2.24. The Hall–Kier alpha value is -1.84. The molecule has 4 nitrogen and oxygen atoms in total. The van der Waals surface area contributed by atoms with Crippen LogP contribution in [0.1, 0.15) is 32.8 Å². The Labute approximate surface area is 113 Å². The normalized spacial score (nSPS) is 23.1. The van der Waals surface area contributed by atoms with Gasteiger partial charge in [0, 0.05) is 0 Å². The first kappa shape index (κ1) is 13.6. The standard InChI is InChI=1S/C15H20N2O2/c1-14(2,3)15(12(18)16-13(19)17-15)10-9-11-7-5-4-6-8-11/h4-8H,9-10H2,1-3H3,(H2,16,17,18,19). The lowest BCUT2D eigenvalue weighted by atomic mass is 9.70. The number of imide groups is 1. The van der Waals surface area contributed by atoms with E-state index in [4.69, 9.17) is 0 Å². The molecule has 0 saturated carbocycles. The Bertz CT molecular complexity index is 491. The molecule has 0 radical (unpaired) electrons. The minimum absolute atomic E-state index is 0.221. The highest BCUT2D eigenvalue weighted by Crippen LogP contribution is 2.36. The molecule has 19 heavy (non-hydrogen) atoms. The number of carbonyl (C=O) groups excluding carboxylic acids is 2. The number of aryl methyl sites for hydroxylation is 1. The van der Waals surface area contributed by atoms with E-state index < -0.39 is 11.6 Å². The second kappa shape index (κ2) is 4.68. The summed E-state index contributed by atoms with van der Waals surface area (Å²) in [6.45, 7) is 5.93. The largest absolute Gasteiger partial charge is 0.323 e. The van der Waals surface area contributed by atoms with Gasteiger partial charge < -0.3 is 5.32 Å². The summed E-state index contributed by atoms with van der Waals surface area (Å²) in [6, 6.07) is 9.59. The molecule has 1 aliphatic rings. The molecule has 1 heterocycles. The van der Waals surface area contributed by atoms with E-state index in [1.807, 2.05) is 51.1 Å². The van der Waals surface area contributed by atoms with Crippen LogP contribution in [0.5, 0.6) is 0 Å². The van der Waals surface area contributed by atoms with Gasteiger partial charge in [0.25, 0.3) is 5.91 Å². The van der Waals surface area contributed by atoms with Crippen molar-refractivity contribution in [1.29, 1.82) is 0 Å². The molecule has 102 valence electrons. The lowest BCUT2D eigenvalue weighted by Crippen LogP contribution is -2.57. The Morgan fingerprint density at radius 3 is 2.21 bits per heavy atom. The summed E-state index contributed by atoms with van der Waals surface area (Å²) in [5, 5.41) is 5.19.